The number of carbonyl (C=O) groups is 2. The lowest BCUT2D eigenvalue weighted by atomic mass is 9.93. The molecule has 0 unspecified atom stereocenters. The number of piperidine rings is 1. The Morgan fingerprint density at radius 3 is 2.50 bits per heavy atom. The van der Waals surface area contributed by atoms with Gasteiger partial charge in [0.05, 0.1) is 11.2 Å². The van der Waals surface area contributed by atoms with Crippen LogP contribution in [0.1, 0.15) is 55.2 Å². The Morgan fingerprint density at radius 1 is 1.18 bits per heavy atom. The summed E-state index contributed by atoms with van der Waals surface area (Å²) in [6.07, 6.45) is 6.99. The van der Waals surface area contributed by atoms with Gasteiger partial charge in [-0.3, -0.25) is 9.59 Å². The lowest BCUT2D eigenvalue weighted by Gasteiger charge is -2.38. The fourth-order valence-corrected chi connectivity index (χ4v) is 4.16. The van der Waals surface area contributed by atoms with E-state index in [2.05, 4.69) is 20.2 Å². The van der Waals surface area contributed by atoms with E-state index < -0.39 is 5.60 Å². The fourth-order valence-electron chi connectivity index (χ4n) is 4.16. The molecule has 0 aromatic carbocycles. The molecule has 2 fully saturated rings. The molecule has 0 radical (unpaired) electrons. The summed E-state index contributed by atoms with van der Waals surface area (Å²) >= 11 is 0. The van der Waals surface area contributed by atoms with Gasteiger partial charge in [-0.15, -0.1) is 0 Å². The van der Waals surface area contributed by atoms with Gasteiger partial charge in [0.1, 0.15) is 5.82 Å². The second-order valence-corrected chi connectivity index (χ2v) is 8.14. The summed E-state index contributed by atoms with van der Waals surface area (Å²) in [6, 6.07) is 0.238. The second kappa shape index (κ2) is 8.96. The number of amides is 2. The molecule has 154 valence electrons. The van der Waals surface area contributed by atoms with E-state index in [-0.39, 0.29) is 17.9 Å². The van der Waals surface area contributed by atoms with Crippen LogP contribution in [0.25, 0.3) is 0 Å². The van der Waals surface area contributed by atoms with Crippen LogP contribution in [0.2, 0.25) is 0 Å². The number of carbonyl (C=O) groups excluding carboxylic acids is 2. The predicted molar refractivity (Wildman–Crippen MR) is 105 cm³/mol. The van der Waals surface area contributed by atoms with Crippen LogP contribution >= 0.6 is 0 Å². The smallest absolute Gasteiger partial charge is 0.256 e. The third-order valence-electron chi connectivity index (χ3n) is 5.75. The van der Waals surface area contributed by atoms with Gasteiger partial charge in [-0.1, -0.05) is 0 Å². The first-order valence-electron chi connectivity index (χ1n) is 10.1. The van der Waals surface area contributed by atoms with E-state index in [4.69, 9.17) is 0 Å². The minimum absolute atomic E-state index is 0.0181. The molecule has 2 aliphatic heterocycles. The Kier molecular flexibility index (Phi) is 6.61. The normalized spacial score (nSPS) is 24.6. The van der Waals surface area contributed by atoms with Gasteiger partial charge in [0.25, 0.3) is 5.91 Å². The molecule has 3 heterocycles. The summed E-state index contributed by atoms with van der Waals surface area (Å²) in [4.78, 5) is 36.2. The molecule has 0 saturated carbocycles. The van der Waals surface area contributed by atoms with Gasteiger partial charge < -0.3 is 20.2 Å². The molecular formula is C20H31N5O3. The SMILES string of the molecule is CC(=O)NC1CCN(C[C@]2(O)CCCN(C(=O)c3cnc(C)nc3)CC2)CC1. The highest BCUT2D eigenvalue weighted by Gasteiger charge is 2.34. The summed E-state index contributed by atoms with van der Waals surface area (Å²) in [6.45, 7) is 6.88. The van der Waals surface area contributed by atoms with E-state index in [1.54, 1.807) is 31.1 Å². The number of aliphatic hydroxyl groups is 1. The largest absolute Gasteiger partial charge is 0.388 e. The lowest BCUT2D eigenvalue weighted by molar-refractivity contribution is -0.120. The number of hydrogen-bond acceptors (Lipinski definition) is 6. The Labute approximate surface area is 166 Å². The van der Waals surface area contributed by atoms with E-state index in [0.717, 1.165) is 32.4 Å². The zero-order valence-electron chi connectivity index (χ0n) is 16.9. The summed E-state index contributed by atoms with van der Waals surface area (Å²) in [5.74, 6) is 0.592. The molecule has 3 rings (SSSR count). The highest BCUT2D eigenvalue weighted by atomic mass is 16.3. The monoisotopic (exact) mass is 389 g/mol. The van der Waals surface area contributed by atoms with Crippen LogP contribution in [0.5, 0.6) is 0 Å². The molecular weight excluding hydrogens is 358 g/mol. The van der Waals surface area contributed by atoms with Crippen LogP contribution in [0.4, 0.5) is 0 Å². The molecule has 0 bridgehead atoms. The van der Waals surface area contributed by atoms with Crippen LogP contribution in [-0.2, 0) is 4.79 Å². The molecule has 8 nitrogen and oxygen atoms in total. The highest BCUT2D eigenvalue weighted by molar-refractivity contribution is 5.93. The predicted octanol–water partition coefficient (Wildman–Crippen LogP) is 0.743. The van der Waals surface area contributed by atoms with Crippen LogP contribution in [-0.4, -0.2) is 81.1 Å². The molecule has 0 spiro atoms. The third-order valence-corrected chi connectivity index (χ3v) is 5.75. The fraction of sp³-hybridized carbons (Fsp3) is 0.700. The van der Waals surface area contributed by atoms with Crippen molar-refractivity contribution in [3.8, 4) is 0 Å². The molecule has 28 heavy (non-hydrogen) atoms. The Balaban J connectivity index is 1.52. The van der Waals surface area contributed by atoms with E-state index in [9.17, 15) is 14.7 Å². The van der Waals surface area contributed by atoms with Crippen LogP contribution < -0.4 is 5.32 Å². The van der Waals surface area contributed by atoms with E-state index in [0.29, 0.717) is 43.9 Å². The number of likely N-dealkylation sites (tertiary alicyclic amines) is 2. The maximum Gasteiger partial charge on any atom is 0.256 e. The highest BCUT2D eigenvalue weighted by Crippen LogP contribution is 2.26. The van der Waals surface area contributed by atoms with Crippen molar-refractivity contribution in [2.24, 2.45) is 0 Å². The molecule has 2 amide bonds. The molecule has 2 N–H and O–H groups in total. The number of aryl methyl sites for hydroxylation is 1. The van der Waals surface area contributed by atoms with Gasteiger partial charge in [-0.2, -0.15) is 0 Å². The van der Waals surface area contributed by atoms with Crippen LogP contribution in [0.3, 0.4) is 0 Å². The van der Waals surface area contributed by atoms with Gasteiger partial charge in [0.2, 0.25) is 5.91 Å². The first-order chi connectivity index (χ1) is 13.3. The Bertz CT molecular complexity index is 688. The van der Waals surface area contributed by atoms with Gasteiger partial charge in [0, 0.05) is 58.1 Å². The topological polar surface area (TPSA) is 98.7 Å². The van der Waals surface area contributed by atoms with Crippen LogP contribution in [0, 0.1) is 6.92 Å². The maximum atomic E-state index is 12.7. The zero-order valence-corrected chi connectivity index (χ0v) is 16.9. The van der Waals surface area contributed by atoms with Crippen molar-refractivity contribution in [2.45, 2.75) is 57.6 Å². The number of rotatable bonds is 4. The number of β-amino-alcohol motifs (C(OH)–C–C–N with tert-alkyl or cyclic N) is 1. The van der Waals surface area contributed by atoms with Gasteiger partial charge in [-0.05, 0) is 39.0 Å². The molecule has 8 heteroatoms. The number of aromatic nitrogens is 2. The molecule has 0 aliphatic carbocycles. The number of nitrogens with zero attached hydrogens (tertiary/aromatic N) is 4. The molecule has 2 saturated heterocycles. The first kappa shape index (κ1) is 20.7. The quantitative estimate of drug-likeness (QED) is 0.788. The van der Waals surface area contributed by atoms with E-state index in [1.165, 1.54) is 0 Å². The zero-order chi connectivity index (χ0) is 20.1. The van der Waals surface area contributed by atoms with E-state index in [1.807, 2.05) is 0 Å². The molecule has 1 aromatic rings. The van der Waals surface area contributed by atoms with Crippen molar-refractivity contribution in [1.29, 1.82) is 0 Å². The molecule has 1 aromatic heterocycles. The van der Waals surface area contributed by atoms with Crippen molar-refractivity contribution in [3.05, 3.63) is 23.8 Å². The van der Waals surface area contributed by atoms with Crippen molar-refractivity contribution < 1.29 is 14.7 Å². The maximum absolute atomic E-state index is 12.7. The number of nitrogens with one attached hydrogen (secondary N) is 1. The molecule has 1 atom stereocenters. The summed E-state index contributed by atoms with van der Waals surface area (Å²) < 4.78 is 0. The standard InChI is InChI=1S/C20H31N5O3/c1-15-21-12-17(13-22-15)19(27)25-8-3-6-20(28,7-11-25)14-24-9-4-18(5-10-24)23-16(2)26/h12-13,18,28H,3-11,14H2,1-2H3,(H,23,26)/t20-/m0/s1. The van der Waals surface area contributed by atoms with Gasteiger partial charge in [0.15, 0.2) is 0 Å². The summed E-state index contributed by atoms with van der Waals surface area (Å²) in [7, 11) is 0. The minimum Gasteiger partial charge on any atom is -0.388 e. The number of hydrogen-bond donors (Lipinski definition) is 2. The average molecular weight is 390 g/mol. The summed E-state index contributed by atoms with van der Waals surface area (Å²) in [5.41, 5.74) is -0.282. The van der Waals surface area contributed by atoms with Crippen molar-refractivity contribution in [1.82, 2.24) is 25.1 Å². The minimum atomic E-state index is -0.778. The Morgan fingerprint density at radius 2 is 1.86 bits per heavy atom. The van der Waals surface area contributed by atoms with Crippen molar-refractivity contribution >= 4 is 11.8 Å². The van der Waals surface area contributed by atoms with Crippen molar-refractivity contribution in [2.75, 3.05) is 32.7 Å². The second-order valence-electron chi connectivity index (χ2n) is 8.14. The lowest BCUT2D eigenvalue weighted by Crippen LogP contribution is -2.50. The third kappa shape index (κ3) is 5.48. The first-order valence-corrected chi connectivity index (χ1v) is 10.1. The average Bonchev–Trinajstić information content (AvgIpc) is 2.85. The van der Waals surface area contributed by atoms with Gasteiger partial charge in [-0.25, -0.2) is 9.97 Å². The van der Waals surface area contributed by atoms with Crippen molar-refractivity contribution in [3.63, 3.8) is 0 Å². The Hall–Kier alpha value is -2.06. The van der Waals surface area contributed by atoms with E-state index >= 15 is 0 Å². The van der Waals surface area contributed by atoms with Crippen LogP contribution in [0.15, 0.2) is 12.4 Å². The van der Waals surface area contributed by atoms with Gasteiger partial charge >= 0.3 is 0 Å². The molecule has 2 aliphatic rings. The summed E-state index contributed by atoms with van der Waals surface area (Å²) in [5, 5.41) is 14.1.